The van der Waals surface area contributed by atoms with E-state index in [1.807, 2.05) is 0 Å². The van der Waals surface area contributed by atoms with Crippen LogP contribution < -0.4 is 4.57 Å². The van der Waals surface area contributed by atoms with Gasteiger partial charge in [-0.2, -0.15) is 4.57 Å². The second-order valence-electron chi connectivity index (χ2n) is 7.36. The van der Waals surface area contributed by atoms with E-state index in [0.717, 1.165) is 0 Å². The van der Waals surface area contributed by atoms with Crippen LogP contribution in [0.4, 0.5) is 0 Å². The van der Waals surface area contributed by atoms with Gasteiger partial charge in [-0.25, -0.2) is 0 Å². The maximum Gasteiger partial charge on any atom is 0.270 e. The number of rotatable bonds is 4. The third-order valence-corrected chi connectivity index (χ3v) is 6.39. The average Bonchev–Trinajstić information content (AvgIpc) is 3.25. The number of hydrogen-bond donors (Lipinski definition) is 0. The minimum atomic E-state index is 1.23. The van der Waals surface area contributed by atoms with Gasteiger partial charge in [0.1, 0.15) is 7.05 Å². The number of thiazole rings is 1. The number of aromatic nitrogens is 1. The molecule has 0 saturated carbocycles. The Bertz CT molecular complexity index is 1210. The van der Waals surface area contributed by atoms with Crippen molar-refractivity contribution in [2.75, 3.05) is 0 Å². The molecule has 4 aromatic carbocycles. The zero-order chi connectivity index (χ0) is 20.3. The second-order valence-corrected chi connectivity index (χ2v) is 8.26. The van der Waals surface area contributed by atoms with Crippen LogP contribution in [0.15, 0.2) is 115 Å². The first-order valence-electron chi connectivity index (χ1n) is 10.1. The highest BCUT2D eigenvalue weighted by Crippen LogP contribution is 2.43. The Balaban J connectivity index is 1.89. The molecule has 1 aromatic heterocycles. The summed E-state index contributed by atoms with van der Waals surface area (Å²) in [7, 11) is 2.13. The molecule has 2 heteroatoms. The van der Waals surface area contributed by atoms with Gasteiger partial charge in [0.25, 0.3) is 5.01 Å². The van der Waals surface area contributed by atoms with Crippen molar-refractivity contribution in [3.05, 3.63) is 115 Å². The van der Waals surface area contributed by atoms with E-state index in [4.69, 9.17) is 0 Å². The van der Waals surface area contributed by atoms with Gasteiger partial charge >= 0.3 is 0 Å². The molecule has 0 aliphatic carbocycles. The minimum absolute atomic E-state index is 1.23. The van der Waals surface area contributed by atoms with Crippen molar-refractivity contribution < 1.29 is 4.57 Å². The summed E-state index contributed by atoms with van der Waals surface area (Å²) < 4.78 is 2.22. The lowest BCUT2D eigenvalue weighted by Gasteiger charge is -2.16. The lowest BCUT2D eigenvalue weighted by atomic mass is 9.88. The lowest BCUT2D eigenvalue weighted by molar-refractivity contribution is -0.655. The van der Waals surface area contributed by atoms with Gasteiger partial charge in [0.2, 0.25) is 0 Å². The summed E-state index contributed by atoms with van der Waals surface area (Å²) in [5.41, 5.74) is 8.73. The molecule has 0 N–H and O–H groups in total. The van der Waals surface area contributed by atoms with Crippen LogP contribution in [0.1, 0.15) is 0 Å². The Hall–Kier alpha value is -3.49. The molecule has 0 saturated heterocycles. The van der Waals surface area contributed by atoms with Crippen LogP contribution in [0.2, 0.25) is 0 Å². The molecule has 5 rings (SSSR count). The number of aryl methyl sites for hydroxylation is 1. The van der Waals surface area contributed by atoms with E-state index in [1.165, 1.54) is 44.0 Å². The van der Waals surface area contributed by atoms with Crippen LogP contribution in [0.3, 0.4) is 0 Å². The summed E-state index contributed by atoms with van der Waals surface area (Å²) in [6.45, 7) is 0. The van der Waals surface area contributed by atoms with Crippen LogP contribution >= 0.6 is 11.3 Å². The molecule has 144 valence electrons. The molecular weight excluding hydrogens is 382 g/mol. The molecule has 0 bridgehead atoms. The van der Waals surface area contributed by atoms with Gasteiger partial charge < -0.3 is 0 Å². The molecular formula is C28H22NS+. The molecule has 0 aliphatic heterocycles. The van der Waals surface area contributed by atoms with Crippen LogP contribution in [0.5, 0.6) is 0 Å². The summed E-state index contributed by atoms with van der Waals surface area (Å²) in [5.74, 6) is 0. The molecule has 1 nitrogen and oxygen atoms in total. The van der Waals surface area contributed by atoms with E-state index in [9.17, 15) is 0 Å². The maximum absolute atomic E-state index is 2.34. The SMILES string of the molecule is C[n+]1ccsc1-c1c(-c2ccccc2)cc(-c2ccccc2)cc1-c1ccccc1. The van der Waals surface area contributed by atoms with Crippen molar-refractivity contribution in [2.24, 2.45) is 7.05 Å². The Kier molecular flexibility index (Phi) is 5.00. The van der Waals surface area contributed by atoms with E-state index in [1.54, 1.807) is 11.3 Å². The first-order chi connectivity index (χ1) is 14.8. The molecule has 0 amide bonds. The van der Waals surface area contributed by atoms with Crippen molar-refractivity contribution >= 4 is 11.3 Å². The third-order valence-electron chi connectivity index (χ3n) is 5.41. The molecule has 0 atom stereocenters. The summed E-state index contributed by atoms with van der Waals surface area (Å²) in [4.78, 5) is 0. The molecule has 0 radical (unpaired) electrons. The minimum Gasteiger partial charge on any atom is -0.191 e. The topological polar surface area (TPSA) is 3.88 Å². The van der Waals surface area contributed by atoms with Crippen LogP contribution in [-0.4, -0.2) is 0 Å². The highest BCUT2D eigenvalue weighted by atomic mass is 32.1. The fourth-order valence-electron chi connectivity index (χ4n) is 3.93. The highest BCUT2D eigenvalue weighted by Gasteiger charge is 2.23. The number of nitrogens with zero attached hydrogens (tertiary/aromatic N) is 1. The van der Waals surface area contributed by atoms with Crippen LogP contribution in [-0.2, 0) is 7.05 Å². The van der Waals surface area contributed by atoms with Gasteiger partial charge in [-0.05, 0) is 45.5 Å². The predicted octanol–water partition coefficient (Wildman–Crippen LogP) is 7.24. The van der Waals surface area contributed by atoms with Gasteiger partial charge in [-0.3, -0.25) is 0 Å². The number of hydrogen-bond acceptors (Lipinski definition) is 1. The smallest absolute Gasteiger partial charge is 0.191 e. The van der Waals surface area contributed by atoms with Crippen molar-refractivity contribution in [3.8, 4) is 44.0 Å². The Morgan fingerprint density at radius 3 is 1.47 bits per heavy atom. The molecule has 5 aromatic rings. The Morgan fingerprint density at radius 2 is 1.03 bits per heavy atom. The highest BCUT2D eigenvalue weighted by molar-refractivity contribution is 7.12. The first-order valence-corrected chi connectivity index (χ1v) is 11.0. The summed E-state index contributed by atoms with van der Waals surface area (Å²) in [6.07, 6.45) is 2.13. The van der Waals surface area contributed by atoms with E-state index in [2.05, 4.69) is 126 Å². The summed E-state index contributed by atoms with van der Waals surface area (Å²) in [6, 6.07) is 36.8. The first kappa shape index (κ1) is 18.5. The van der Waals surface area contributed by atoms with Gasteiger partial charge in [-0.1, -0.05) is 102 Å². The van der Waals surface area contributed by atoms with Crippen molar-refractivity contribution in [3.63, 3.8) is 0 Å². The predicted molar refractivity (Wildman–Crippen MR) is 127 cm³/mol. The molecule has 0 unspecified atom stereocenters. The third kappa shape index (κ3) is 3.47. The van der Waals surface area contributed by atoms with Crippen LogP contribution in [0, 0.1) is 0 Å². The second kappa shape index (κ2) is 8.10. The van der Waals surface area contributed by atoms with Crippen LogP contribution in [0.25, 0.3) is 44.0 Å². The number of benzene rings is 4. The summed E-state index contributed by atoms with van der Waals surface area (Å²) >= 11 is 1.78. The van der Waals surface area contributed by atoms with Crippen molar-refractivity contribution in [1.82, 2.24) is 0 Å². The Morgan fingerprint density at radius 1 is 0.567 bits per heavy atom. The standard InChI is InChI=1S/C28H22NS/c1-29-17-18-30-28(29)27-25(22-13-7-3-8-14-22)19-24(21-11-5-2-6-12-21)20-26(27)23-15-9-4-10-16-23/h2-20H,1H3/q+1. The zero-order valence-corrected chi connectivity index (χ0v) is 17.6. The molecule has 0 aliphatic rings. The van der Waals surface area contributed by atoms with Gasteiger partial charge in [0, 0.05) is 0 Å². The quantitative estimate of drug-likeness (QED) is 0.278. The van der Waals surface area contributed by atoms with E-state index >= 15 is 0 Å². The maximum atomic E-state index is 2.34. The van der Waals surface area contributed by atoms with E-state index < -0.39 is 0 Å². The Labute approximate surface area is 181 Å². The normalized spacial score (nSPS) is 10.8. The molecule has 0 fully saturated rings. The summed E-state index contributed by atoms with van der Waals surface area (Å²) in [5, 5.41) is 3.41. The zero-order valence-electron chi connectivity index (χ0n) is 16.8. The molecule has 30 heavy (non-hydrogen) atoms. The molecule has 0 spiro atoms. The fraction of sp³-hybridized carbons (Fsp3) is 0.0357. The van der Waals surface area contributed by atoms with Gasteiger partial charge in [0.15, 0.2) is 6.20 Å². The average molecular weight is 405 g/mol. The fourth-order valence-corrected chi connectivity index (χ4v) is 4.87. The van der Waals surface area contributed by atoms with Gasteiger partial charge in [-0.15, -0.1) is 0 Å². The van der Waals surface area contributed by atoms with E-state index in [-0.39, 0.29) is 0 Å². The lowest BCUT2D eigenvalue weighted by Crippen LogP contribution is -2.27. The van der Waals surface area contributed by atoms with Crippen molar-refractivity contribution in [2.45, 2.75) is 0 Å². The van der Waals surface area contributed by atoms with Gasteiger partial charge in [0.05, 0.1) is 10.9 Å². The van der Waals surface area contributed by atoms with Crippen molar-refractivity contribution in [1.29, 1.82) is 0 Å². The monoisotopic (exact) mass is 404 g/mol. The van der Waals surface area contributed by atoms with E-state index in [0.29, 0.717) is 0 Å². The molecule has 1 heterocycles. The largest absolute Gasteiger partial charge is 0.270 e.